The molecule has 2 saturated heterocycles. The second-order valence-corrected chi connectivity index (χ2v) is 6.61. The van der Waals surface area contributed by atoms with Crippen LogP contribution in [0.1, 0.15) is 18.9 Å². The van der Waals surface area contributed by atoms with Crippen LogP contribution in [0, 0.1) is 6.92 Å². The smallest absolute Gasteiger partial charge is 0.317 e. The van der Waals surface area contributed by atoms with Gasteiger partial charge in [0.2, 0.25) is 5.91 Å². The molecular formula is C18H26N4O2. The topological polar surface area (TPSA) is 55.9 Å². The van der Waals surface area contributed by atoms with E-state index >= 15 is 0 Å². The van der Waals surface area contributed by atoms with Gasteiger partial charge in [-0.05, 0) is 25.6 Å². The fraction of sp³-hybridized carbons (Fsp3) is 0.556. The summed E-state index contributed by atoms with van der Waals surface area (Å²) in [6.45, 7) is 9.08. The van der Waals surface area contributed by atoms with Gasteiger partial charge in [0.25, 0.3) is 0 Å². The number of hydrogen-bond acceptors (Lipinski definition) is 3. The summed E-state index contributed by atoms with van der Waals surface area (Å²) in [6, 6.07) is 7.76. The zero-order chi connectivity index (χ0) is 17.1. The quantitative estimate of drug-likeness (QED) is 0.913. The van der Waals surface area contributed by atoms with Crippen molar-refractivity contribution in [3.8, 4) is 0 Å². The van der Waals surface area contributed by atoms with Gasteiger partial charge in [-0.15, -0.1) is 0 Å². The maximum absolute atomic E-state index is 12.4. The summed E-state index contributed by atoms with van der Waals surface area (Å²) in [7, 11) is 0. The van der Waals surface area contributed by atoms with E-state index in [-0.39, 0.29) is 18.0 Å². The Morgan fingerprint density at radius 3 is 2.46 bits per heavy atom. The molecule has 0 radical (unpaired) electrons. The number of amides is 3. The SMILES string of the molecule is CCN1CCN(C(=O)NC2CC(=O)N(c3ccc(C)cc3)C2)CC1. The number of nitrogens with one attached hydrogen (secondary N) is 1. The van der Waals surface area contributed by atoms with Crippen molar-refractivity contribution in [2.24, 2.45) is 0 Å². The Morgan fingerprint density at radius 1 is 1.17 bits per heavy atom. The van der Waals surface area contributed by atoms with E-state index in [1.165, 1.54) is 5.56 Å². The fourth-order valence-corrected chi connectivity index (χ4v) is 3.31. The highest BCUT2D eigenvalue weighted by molar-refractivity contribution is 5.96. The van der Waals surface area contributed by atoms with Gasteiger partial charge in [-0.1, -0.05) is 24.6 Å². The Bertz CT molecular complexity index is 594. The number of carbonyl (C=O) groups is 2. The van der Waals surface area contributed by atoms with Crippen LogP contribution in [0.5, 0.6) is 0 Å². The van der Waals surface area contributed by atoms with Gasteiger partial charge in [-0.3, -0.25) is 4.79 Å². The molecular weight excluding hydrogens is 304 g/mol. The lowest BCUT2D eigenvalue weighted by Crippen LogP contribution is -2.53. The molecule has 2 fully saturated rings. The lowest BCUT2D eigenvalue weighted by atomic mass is 10.2. The summed E-state index contributed by atoms with van der Waals surface area (Å²) >= 11 is 0. The molecule has 1 aromatic rings. The third-order valence-corrected chi connectivity index (χ3v) is 4.90. The van der Waals surface area contributed by atoms with Crippen LogP contribution in [0.15, 0.2) is 24.3 Å². The minimum Gasteiger partial charge on any atom is -0.333 e. The molecule has 0 aromatic heterocycles. The minimum atomic E-state index is -0.115. The molecule has 0 saturated carbocycles. The van der Waals surface area contributed by atoms with Crippen molar-refractivity contribution < 1.29 is 9.59 Å². The zero-order valence-corrected chi connectivity index (χ0v) is 14.5. The highest BCUT2D eigenvalue weighted by Crippen LogP contribution is 2.22. The van der Waals surface area contributed by atoms with E-state index in [0.29, 0.717) is 13.0 Å². The Labute approximate surface area is 143 Å². The molecule has 3 amide bonds. The zero-order valence-electron chi connectivity index (χ0n) is 14.5. The fourth-order valence-electron chi connectivity index (χ4n) is 3.31. The molecule has 1 aromatic carbocycles. The van der Waals surface area contributed by atoms with Crippen LogP contribution in [0.25, 0.3) is 0 Å². The number of likely N-dealkylation sites (N-methyl/N-ethyl adjacent to an activating group) is 1. The Morgan fingerprint density at radius 2 is 1.83 bits per heavy atom. The first-order valence-electron chi connectivity index (χ1n) is 8.71. The number of nitrogens with zero attached hydrogens (tertiary/aromatic N) is 3. The summed E-state index contributed by atoms with van der Waals surface area (Å²) in [4.78, 5) is 30.6. The van der Waals surface area contributed by atoms with Crippen molar-refractivity contribution >= 4 is 17.6 Å². The lowest BCUT2D eigenvalue weighted by molar-refractivity contribution is -0.117. The lowest BCUT2D eigenvalue weighted by Gasteiger charge is -2.34. The van der Waals surface area contributed by atoms with Gasteiger partial charge in [0.1, 0.15) is 0 Å². The number of benzene rings is 1. The van der Waals surface area contributed by atoms with Crippen molar-refractivity contribution in [3.05, 3.63) is 29.8 Å². The van der Waals surface area contributed by atoms with E-state index in [1.807, 2.05) is 36.1 Å². The summed E-state index contributed by atoms with van der Waals surface area (Å²) in [5, 5.41) is 3.03. The second-order valence-electron chi connectivity index (χ2n) is 6.61. The average Bonchev–Trinajstić information content (AvgIpc) is 2.96. The Kier molecular flexibility index (Phi) is 5.04. The molecule has 0 aliphatic carbocycles. The molecule has 2 aliphatic heterocycles. The highest BCUT2D eigenvalue weighted by Gasteiger charge is 2.32. The number of aryl methyl sites for hydroxylation is 1. The highest BCUT2D eigenvalue weighted by atomic mass is 16.2. The van der Waals surface area contributed by atoms with Gasteiger partial charge >= 0.3 is 6.03 Å². The number of piperazine rings is 1. The molecule has 1 unspecified atom stereocenters. The Hall–Kier alpha value is -2.08. The van der Waals surface area contributed by atoms with Crippen molar-refractivity contribution in [2.45, 2.75) is 26.3 Å². The molecule has 0 spiro atoms. The maximum atomic E-state index is 12.4. The number of rotatable bonds is 3. The predicted octanol–water partition coefficient (Wildman–Crippen LogP) is 1.45. The number of anilines is 1. The molecule has 24 heavy (non-hydrogen) atoms. The molecule has 6 heteroatoms. The molecule has 130 valence electrons. The van der Waals surface area contributed by atoms with E-state index in [0.717, 1.165) is 38.4 Å². The van der Waals surface area contributed by atoms with E-state index < -0.39 is 0 Å². The molecule has 2 aliphatic rings. The van der Waals surface area contributed by atoms with Gasteiger partial charge in [-0.2, -0.15) is 0 Å². The largest absolute Gasteiger partial charge is 0.333 e. The van der Waals surface area contributed by atoms with Gasteiger partial charge in [0.15, 0.2) is 0 Å². The third kappa shape index (κ3) is 3.70. The van der Waals surface area contributed by atoms with E-state index in [2.05, 4.69) is 17.1 Å². The first kappa shape index (κ1) is 16.8. The third-order valence-electron chi connectivity index (χ3n) is 4.90. The number of hydrogen-bond donors (Lipinski definition) is 1. The predicted molar refractivity (Wildman–Crippen MR) is 94.2 cm³/mol. The number of carbonyl (C=O) groups excluding carboxylic acids is 2. The van der Waals surface area contributed by atoms with Crippen molar-refractivity contribution in [3.63, 3.8) is 0 Å². The standard InChI is InChI=1S/C18H26N4O2/c1-3-20-8-10-21(11-9-20)18(24)19-15-12-17(23)22(13-15)16-6-4-14(2)5-7-16/h4-7,15H,3,8-13H2,1-2H3,(H,19,24). The molecule has 2 heterocycles. The Balaban J connectivity index is 1.54. The monoisotopic (exact) mass is 330 g/mol. The minimum absolute atomic E-state index is 0.0469. The molecule has 0 bridgehead atoms. The number of urea groups is 1. The van der Waals surface area contributed by atoms with Crippen molar-refractivity contribution in [1.29, 1.82) is 0 Å². The van der Waals surface area contributed by atoms with E-state index in [9.17, 15) is 9.59 Å². The normalized spacial score (nSPS) is 22.1. The molecule has 1 N–H and O–H groups in total. The van der Waals surface area contributed by atoms with Gasteiger partial charge in [0.05, 0.1) is 6.04 Å². The van der Waals surface area contributed by atoms with Crippen LogP contribution in [0.3, 0.4) is 0 Å². The van der Waals surface area contributed by atoms with Crippen LogP contribution in [-0.4, -0.2) is 67.0 Å². The maximum Gasteiger partial charge on any atom is 0.317 e. The first-order valence-corrected chi connectivity index (χ1v) is 8.71. The van der Waals surface area contributed by atoms with Gasteiger partial charge in [-0.25, -0.2) is 4.79 Å². The first-order chi connectivity index (χ1) is 11.6. The summed E-state index contributed by atoms with van der Waals surface area (Å²) in [5.41, 5.74) is 2.07. The van der Waals surface area contributed by atoms with Crippen LogP contribution in [0.4, 0.5) is 10.5 Å². The average molecular weight is 330 g/mol. The molecule has 6 nitrogen and oxygen atoms in total. The van der Waals surface area contributed by atoms with Crippen molar-refractivity contribution in [1.82, 2.24) is 15.1 Å². The second kappa shape index (κ2) is 7.21. The summed E-state index contributed by atoms with van der Waals surface area (Å²) in [6.07, 6.45) is 0.370. The van der Waals surface area contributed by atoms with E-state index in [4.69, 9.17) is 0 Å². The van der Waals surface area contributed by atoms with Crippen LogP contribution < -0.4 is 10.2 Å². The summed E-state index contributed by atoms with van der Waals surface area (Å²) < 4.78 is 0. The molecule has 1 atom stereocenters. The van der Waals surface area contributed by atoms with Crippen LogP contribution in [-0.2, 0) is 4.79 Å². The van der Waals surface area contributed by atoms with Crippen LogP contribution >= 0.6 is 0 Å². The van der Waals surface area contributed by atoms with Gasteiger partial charge < -0.3 is 20.0 Å². The van der Waals surface area contributed by atoms with Crippen LogP contribution in [0.2, 0.25) is 0 Å². The molecule has 3 rings (SSSR count). The van der Waals surface area contributed by atoms with Gasteiger partial charge in [0, 0.05) is 44.8 Å². The summed E-state index contributed by atoms with van der Waals surface area (Å²) in [5.74, 6) is 0.0694. The van der Waals surface area contributed by atoms with E-state index in [1.54, 1.807) is 4.90 Å². The van der Waals surface area contributed by atoms with Crippen molar-refractivity contribution in [2.75, 3.05) is 44.2 Å².